The summed E-state index contributed by atoms with van der Waals surface area (Å²) >= 11 is 0. The Morgan fingerprint density at radius 1 is 0.481 bits per heavy atom. The van der Waals surface area contributed by atoms with Crippen LogP contribution in [0.2, 0.25) is 0 Å². The highest BCUT2D eigenvalue weighted by molar-refractivity contribution is 6.25. The van der Waals surface area contributed by atoms with E-state index < -0.39 is 0 Å². The molecule has 128 valence electrons. The van der Waals surface area contributed by atoms with Crippen molar-refractivity contribution in [3.63, 3.8) is 0 Å². The van der Waals surface area contributed by atoms with Crippen molar-refractivity contribution < 1.29 is 4.79 Å². The standard InChI is InChI=1S/C25H17NO/c27-25-22-15-8-7-14-20(22)21-16-9-17-23(24(21)25)26(18-10-3-1-4-11-18)19-12-5-2-6-13-19/h1-17H. The van der Waals surface area contributed by atoms with E-state index in [1.54, 1.807) is 0 Å². The van der Waals surface area contributed by atoms with Gasteiger partial charge in [-0.1, -0.05) is 72.8 Å². The zero-order valence-corrected chi connectivity index (χ0v) is 14.7. The molecule has 1 aliphatic rings. The molecule has 4 aromatic rings. The zero-order valence-electron chi connectivity index (χ0n) is 14.7. The summed E-state index contributed by atoms with van der Waals surface area (Å²) in [5.41, 5.74) is 6.53. The van der Waals surface area contributed by atoms with E-state index in [0.29, 0.717) is 0 Å². The molecule has 0 aromatic heterocycles. The Balaban J connectivity index is 1.77. The smallest absolute Gasteiger partial charge is 0.196 e. The fourth-order valence-corrected chi connectivity index (χ4v) is 3.82. The third-order valence-corrected chi connectivity index (χ3v) is 5.00. The number of ketones is 1. The van der Waals surface area contributed by atoms with Gasteiger partial charge in [0.1, 0.15) is 0 Å². The average molecular weight is 347 g/mol. The molecule has 0 bridgehead atoms. The Kier molecular flexibility index (Phi) is 3.61. The SMILES string of the molecule is O=C1c2ccccc2-c2cccc(N(c3ccccc3)c3ccccc3)c21. The molecule has 0 radical (unpaired) electrons. The monoisotopic (exact) mass is 347 g/mol. The van der Waals surface area contributed by atoms with Crippen LogP contribution in [0.25, 0.3) is 11.1 Å². The molecule has 0 saturated heterocycles. The van der Waals surface area contributed by atoms with Gasteiger partial charge in [-0.3, -0.25) is 4.79 Å². The largest absolute Gasteiger partial charge is 0.310 e. The molecule has 0 spiro atoms. The van der Waals surface area contributed by atoms with Crippen LogP contribution in [0.4, 0.5) is 17.1 Å². The topological polar surface area (TPSA) is 20.3 Å². The van der Waals surface area contributed by atoms with E-state index in [4.69, 9.17) is 0 Å². The molecule has 4 aromatic carbocycles. The molecular formula is C25H17NO. The van der Waals surface area contributed by atoms with E-state index in [1.807, 2.05) is 78.9 Å². The third kappa shape index (κ3) is 2.46. The van der Waals surface area contributed by atoms with Crippen molar-refractivity contribution in [1.82, 2.24) is 0 Å². The molecule has 27 heavy (non-hydrogen) atoms. The first-order chi connectivity index (χ1) is 13.3. The minimum Gasteiger partial charge on any atom is -0.310 e. The molecule has 2 nitrogen and oxygen atoms in total. The number of hydrogen-bond acceptors (Lipinski definition) is 2. The Bertz CT molecular complexity index is 1090. The number of rotatable bonds is 3. The molecule has 0 aliphatic heterocycles. The Morgan fingerprint density at radius 3 is 1.63 bits per heavy atom. The van der Waals surface area contributed by atoms with E-state index in [1.165, 1.54) is 0 Å². The van der Waals surface area contributed by atoms with Crippen LogP contribution in [0.1, 0.15) is 15.9 Å². The van der Waals surface area contributed by atoms with E-state index in [9.17, 15) is 4.79 Å². The number of carbonyl (C=O) groups excluding carboxylic acids is 1. The summed E-state index contributed by atoms with van der Waals surface area (Å²) in [5, 5.41) is 0. The maximum atomic E-state index is 13.2. The molecule has 0 N–H and O–H groups in total. The van der Waals surface area contributed by atoms with Crippen molar-refractivity contribution in [3.8, 4) is 11.1 Å². The first kappa shape index (κ1) is 15.6. The lowest BCUT2D eigenvalue weighted by Crippen LogP contribution is -2.13. The highest BCUT2D eigenvalue weighted by atomic mass is 16.1. The lowest BCUT2D eigenvalue weighted by atomic mass is 10.0. The van der Waals surface area contributed by atoms with Gasteiger partial charge in [-0.2, -0.15) is 0 Å². The predicted octanol–water partition coefficient (Wildman–Crippen LogP) is 6.37. The fraction of sp³-hybridized carbons (Fsp3) is 0. The molecule has 0 unspecified atom stereocenters. The maximum absolute atomic E-state index is 13.2. The van der Waals surface area contributed by atoms with E-state index in [2.05, 4.69) is 29.2 Å². The van der Waals surface area contributed by atoms with Gasteiger partial charge in [-0.15, -0.1) is 0 Å². The molecule has 0 atom stereocenters. The highest BCUT2D eigenvalue weighted by Gasteiger charge is 2.31. The molecule has 0 fully saturated rings. The van der Waals surface area contributed by atoms with Crippen molar-refractivity contribution in [2.45, 2.75) is 0 Å². The molecule has 1 aliphatic carbocycles. The second-order valence-corrected chi connectivity index (χ2v) is 6.58. The van der Waals surface area contributed by atoms with Crippen molar-refractivity contribution in [1.29, 1.82) is 0 Å². The molecule has 0 saturated carbocycles. The second-order valence-electron chi connectivity index (χ2n) is 6.58. The van der Waals surface area contributed by atoms with Crippen LogP contribution in [0.5, 0.6) is 0 Å². The first-order valence-electron chi connectivity index (χ1n) is 9.02. The summed E-state index contributed by atoms with van der Waals surface area (Å²) in [6.45, 7) is 0. The average Bonchev–Trinajstić information content (AvgIpc) is 3.03. The molecule has 0 amide bonds. The van der Waals surface area contributed by atoms with Gasteiger partial charge in [0.05, 0.1) is 11.3 Å². The summed E-state index contributed by atoms with van der Waals surface area (Å²) in [7, 11) is 0. The molecular weight excluding hydrogens is 330 g/mol. The van der Waals surface area contributed by atoms with Gasteiger partial charge in [-0.25, -0.2) is 0 Å². The van der Waals surface area contributed by atoms with Gasteiger partial charge in [0.25, 0.3) is 0 Å². The van der Waals surface area contributed by atoms with Gasteiger partial charge in [0.2, 0.25) is 0 Å². The van der Waals surface area contributed by atoms with Crippen LogP contribution in [-0.2, 0) is 0 Å². The van der Waals surface area contributed by atoms with Gasteiger partial charge < -0.3 is 4.90 Å². The highest BCUT2D eigenvalue weighted by Crippen LogP contribution is 2.45. The van der Waals surface area contributed by atoms with Crippen molar-refractivity contribution in [3.05, 3.63) is 114 Å². The van der Waals surface area contributed by atoms with Crippen LogP contribution in [0.3, 0.4) is 0 Å². The van der Waals surface area contributed by atoms with Crippen LogP contribution in [0, 0.1) is 0 Å². The number of benzene rings is 4. The maximum Gasteiger partial charge on any atom is 0.196 e. The molecule has 5 rings (SSSR count). The summed E-state index contributed by atoms with van der Waals surface area (Å²) in [4.78, 5) is 15.4. The van der Waals surface area contributed by atoms with Gasteiger partial charge in [-0.05, 0) is 41.5 Å². The normalized spacial score (nSPS) is 11.8. The number of fused-ring (bicyclic) bond motifs is 3. The number of para-hydroxylation sites is 2. The van der Waals surface area contributed by atoms with Crippen LogP contribution >= 0.6 is 0 Å². The van der Waals surface area contributed by atoms with E-state index in [-0.39, 0.29) is 5.78 Å². The van der Waals surface area contributed by atoms with Crippen molar-refractivity contribution >= 4 is 22.8 Å². The molecule has 2 heteroatoms. The fourth-order valence-electron chi connectivity index (χ4n) is 3.82. The lowest BCUT2D eigenvalue weighted by Gasteiger charge is -2.27. The minimum absolute atomic E-state index is 0.0908. The van der Waals surface area contributed by atoms with Crippen LogP contribution in [0.15, 0.2) is 103 Å². The summed E-state index contributed by atoms with van der Waals surface area (Å²) in [6, 6.07) is 34.3. The van der Waals surface area contributed by atoms with Gasteiger partial charge >= 0.3 is 0 Å². The summed E-state index contributed by atoms with van der Waals surface area (Å²) in [5.74, 6) is 0.0908. The van der Waals surface area contributed by atoms with Gasteiger partial charge in [0, 0.05) is 16.9 Å². The Hall–Kier alpha value is -3.65. The number of carbonyl (C=O) groups is 1. The van der Waals surface area contributed by atoms with E-state index in [0.717, 1.165) is 39.3 Å². The van der Waals surface area contributed by atoms with Crippen molar-refractivity contribution in [2.75, 3.05) is 4.90 Å². The second kappa shape index (κ2) is 6.26. The third-order valence-electron chi connectivity index (χ3n) is 5.00. The molecule has 0 heterocycles. The first-order valence-corrected chi connectivity index (χ1v) is 9.02. The van der Waals surface area contributed by atoms with Crippen molar-refractivity contribution in [2.24, 2.45) is 0 Å². The quantitative estimate of drug-likeness (QED) is 0.378. The number of nitrogens with zero attached hydrogens (tertiary/aromatic N) is 1. The summed E-state index contributed by atoms with van der Waals surface area (Å²) < 4.78 is 0. The zero-order chi connectivity index (χ0) is 18.2. The Labute approximate surface area is 158 Å². The summed E-state index contributed by atoms with van der Waals surface area (Å²) in [6.07, 6.45) is 0. The minimum atomic E-state index is 0.0908. The Morgan fingerprint density at radius 2 is 1.00 bits per heavy atom. The van der Waals surface area contributed by atoms with Crippen LogP contribution in [-0.4, -0.2) is 5.78 Å². The van der Waals surface area contributed by atoms with Crippen LogP contribution < -0.4 is 4.90 Å². The van der Waals surface area contributed by atoms with E-state index >= 15 is 0 Å². The lowest BCUT2D eigenvalue weighted by molar-refractivity contribution is 0.104. The number of hydrogen-bond donors (Lipinski definition) is 0. The van der Waals surface area contributed by atoms with Gasteiger partial charge in [0.15, 0.2) is 5.78 Å². The number of anilines is 3. The predicted molar refractivity (Wildman–Crippen MR) is 110 cm³/mol.